The zero-order valence-corrected chi connectivity index (χ0v) is 10.1. The van der Waals surface area contributed by atoms with Gasteiger partial charge in [-0.05, 0) is 19.4 Å². The highest BCUT2D eigenvalue weighted by Gasteiger charge is 2.36. The van der Waals surface area contributed by atoms with E-state index in [1.807, 2.05) is 0 Å². The summed E-state index contributed by atoms with van der Waals surface area (Å²) in [7, 11) is -2.74. The lowest BCUT2D eigenvalue weighted by molar-refractivity contribution is 0.106. The molecule has 0 amide bonds. The predicted molar refractivity (Wildman–Crippen MR) is 60.7 cm³/mol. The molecule has 2 aliphatic heterocycles. The van der Waals surface area contributed by atoms with Crippen molar-refractivity contribution in [2.24, 2.45) is 0 Å². The van der Waals surface area contributed by atoms with Crippen LogP contribution in [0.5, 0.6) is 0 Å². The molecule has 5 heteroatoms. The van der Waals surface area contributed by atoms with Crippen molar-refractivity contribution in [3.8, 4) is 0 Å². The molecule has 15 heavy (non-hydrogen) atoms. The summed E-state index contributed by atoms with van der Waals surface area (Å²) in [4.78, 5) is 2.40. The van der Waals surface area contributed by atoms with Gasteiger partial charge in [-0.3, -0.25) is 4.90 Å². The molecule has 2 saturated heterocycles. The van der Waals surface area contributed by atoms with E-state index in [1.54, 1.807) is 0 Å². The van der Waals surface area contributed by atoms with Gasteiger partial charge in [-0.15, -0.1) is 0 Å². The van der Waals surface area contributed by atoms with Gasteiger partial charge in [0.05, 0.1) is 11.5 Å². The van der Waals surface area contributed by atoms with Crippen molar-refractivity contribution in [3.63, 3.8) is 0 Å². The summed E-state index contributed by atoms with van der Waals surface area (Å²) in [5.41, 5.74) is 0. The summed E-state index contributed by atoms with van der Waals surface area (Å²) in [6, 6.07) is 0.852. The average molecular weight is 232 g/mol. The molecule has 0 radical (unpaired) electrons. The molecule has 0 bridgehead atoms. The summed E-state index contributed by atoms with van der Waals surface area (Å²) >= 11 is 0. The summed E-state index contributed by atoms with van der Waals surface area (Å²) in [6.45, 7) is 5.24. The van der Waals surface area contributed by atoms with Gasteiger partial charge in [0.15, 0.2) is 9.84 Å². The highest BCUT2D eigenvalue weighted by molar-refractivity contribution is 7.91. The van der Waals surface area contributed by atoms with Crippen LogP contribution in [0.15, 0.2) is 0 Å². The van der Waals surface area contributed by atoms with Crippen molar-refractivity contribution in [2.75, 3.05) is 31.1 Å². The molecule has 1 unspecified atom stereocenters. The maximum Gasteiger partial charge on any atom is 0.151 e. The molecule has 0 spiro atoms. The second-order valence-electron chi connectivity index (χ2n) is 4.61. The number of hydrogen-bond acceptors (Lipinski definition) is 4. The van der Waals surface area contributed by atoms with Gasteiger partial charge in [-0.2, -0.15) is 0 Å². The minimum Gasteiger partial charge on any atom is -0.314 e. The second-order valence-corrected chi connectivity index (χ2v) is 6.84. The Bertz CT molecular complexity index is 311. The predicted octanol–water partition coefficient (Wildman–Crippen LogP) is -0.143. The minimum atomic E-state index is -2.74. The molecule has 2 fully saturated rings. The summed E-state index contributed by atoms with van der Waals surface area (Å²) in [5.74, 6) is 0.765. The Balaban J connectivity index is 1.98. The van der Waals surface area contributed by atoms with Gasteiger partial charge in [0.1, 0.15) is 0 Å². The van der Waals surface area contributed by atoms with E-state index >= 15 is 0 Å². The van der Waals surface area contributed by atoms with Crippen LogP contribution < -0.4 is 5.32 Å². The van der Waals surface area contributed by atoms with E-state index in [2.05, 4.69) is 17.1 Å². The van der Waals surface area contributed by atoms with Gasteiger partial charge >= 0.3 is 0 Å². The van der Waals surface area contributed by atoms with Crippen LogP contribution in [0.1, 0.15) is 19.8 Å². The van der Waals surface area contributed by atoms with Crippen LogP contribution in [0.4, 0.5) is 0 Å². The van der Waals surface area contributed by atoms with Gasteiger partial charge in [-0.25, -0.2) is 8.42 Å². The van der Waals surface area contributed by atoms with Gasteiger partial charge in [-0.1, -0.05) is 6.92 Å². The smallest absolute Gasteiger partial charge is 0.151 e. The first-order valence-electron chi connectivity index (χ1n) is 5.79. The Hall–Kier alpha value is -0.130. The number of rotatable bonds is 4. The summed E-state index contributed by atoms with van der Waals surface area (Å²) in [6.07, 6.45) is 1.94. The molecule has 88 valence electrons. The molecular formula is C10H20N2O2S. The molecule has 2 aliphatic rings. The Kier molecular flexibility index (Phi) is 3.33. The molecule has 0 aliphatic carbocycles. The lowest BCUT2D eigenvalue weighted by atomic mass is 10.1. The van der Waals surface area contributed by atoms with E-state index in [0.29, 0.717) is 17.5 Å². The Labute approximate surface area is 91.9 Å². The fourth-order valence-electron chi connectivity index (χ4n) is 2.47. The van der Waals surface area contributed by atoms with Crippen molar-refractivity contribution in [2.45, 2.75) is 31.8 Å². The number of sulfone groups is 1. The zero-order valence-electron chi connectivity index (χ0n) is 9.28. The molecule has 0 aromatic rings. The normalized spacial score (nSPS) is 30.7. The molecule has 0 saturated carbocycles. The lowest BCUT2D eigenvalue weighted by Gasteiger charge is -2.41. The van der Waals surface area contributed by atoms with Crippen molar-refractivity contribution < 1.29 is 8.42 Å². The van der Waals surface area contributed by atoms with Gasteiger partial charge in [0, 0.05) is 25.2 Å². The van der Waals surface area contributed by atoms with Crippen molar-refractivity contribution >= 4 is 9.84 Å². The summed E-state index contributed by atoms with van der Waals surface area (Å²) in [5, 5.41) is 3.25. The molecular weight excluding hydrogens is 212 g/mol. The van der Waals surface area contributed by atoms with Crippen LogP contribution in [0.3, 0.4) is 0 Å². The molecule has 1 atom stereocenters. The van der Waals surface area contributed by atoms with E-state index in [4.69, 9.17) is 0 Å². The fraction of sp³-hybridized carbons (Fsp3) is 1.00. The van der Waals surface area contributed by atoms with Crippen LogP contribution in [0.2, 0.25) is 0 Å². The lowest BCUT2D eigenvalue weighted by Crippen LogP contribution is -2.60. The largest absolute Gasteiger partial charge is 0.314 e. The van der Waals surface area contributed by atoms with Crippen LogP contribution in [0.25, 0.3) is 0 Å². The monoisotopic (exact) mass is 232 g/mol. The highest BCUT2D eigenvalue weighted by Crippen LogP contribution is 2.21. The van der Waals surface area contributed by atoms with E-state index in [1.165, 1.54) is 0 Å². The third-order valence-electron chi connectivity index (χ3n) is 3.39. The molecule has 1 N–H and O–H groups in total. The van der Waals surface area contributed by atoms with Crippen LogP contribution in [-0.2, 0) is 9.84 Å². The van der Waals surface area contributed by atoms with Crippen LogP contribution >= 0.6 is 0 Å². The fourth-order valence-corrected chi connectivity index (χ4v) is 4.21. The Morgan fingerprint density at radius 2 is 2.07 bits per heavy atom. The van der Waals surface area contributed by atoms with Gasteiger partial charge in [0.25, 0.3) is 0 Å². The quantitative estimate of drug-likeness (QED) is 0.733. The van der Waals surface area contributed by atoms with Crippen molar-refractivity contribution in [1.82, 2.24) is 10.2 Å². The van der Waals surface area contributed by atoms with Crippen molar-refractivity contribution in [1.29, 1.82) is 0 Å². The maximum absolute atomic E-state index is 11.4. The van der Waals surface area contributed by atoms with Crippen LogP contribution in [0, 0.1) is 0 Å². The average Bonchev–Trinajstić information content (AvgIpc) is 2.42. The first kappa shape index (κ1) is 11.4. The van der Waals surface area contributed by atoms with E-state index in [0.717, 1.165) is 32.5 Å². The van der Waals surface area contributed by atoms with Gasteiger partial charge in [0.2, 0.25) is 0 Å². The molecule has 4 nitrogen and oxygen atoms in total. The van der Waals surface area contributed by atoms with E-state index in [9.17, 15) is 8.42 Å². The molecule has 0 aromatic carbocycles. The highest BCUT2D eigenvalue weighted by atomic mass is 32.2. The maximum atomic E-state index is 11.4. The second kappa shape index (κ2) is 4.39. The van der Waals surface area contributed by atoms with E-state index in [-0.39, 0.29) is 6.04 Å². The van der Waals surface area contributed by atoms with Crippen molar-refractivity contribution in [3.05, 3.63) is 0 Å². The Morgan fingerprint density at radius 3 is 2.47 bits per heavy atom. The molecule has 2 heterocycles. The minimum absolute atomic E-state index is 0.280. The SMILES string of the molecule is CCCN(C1CNC1)C1CCS(=O)(=O)C1. The molecule has 0 aromatic heterocycles. The summed E-state index contributed by atoms with van der Waals surface area (Å²) < 4.78 is 22.9. The Morgan fingerprint density at radius 1 is 1.33 bits per heavy atom. The first-order valence-corrected chi connectivity index (χ1v) is 7.61. The van der Waals surface area contributed by atoms with Crippen LogP contribution in [-0.4, -0.2) is 56.5 Å². The van der Waals surface area contributed by atoms with Gasteiger partial charge < -0.3 is 5.32 Å². The third-order valence-corrected chi connectivity index (χ3v) is 5.14. The first-order chi connectivity index (χ1) is 7.12. The zero-order chi connectivity index (χ0) is 10.9. The molecule has 2 rings (SSSR count). The standard InChI is InChI=1S/C10H20N2O2S/c1-2-4-12(10-6-11-7-10)9-3-5-15(13,14)8-9/h9-11H,2-8H2,1H3. The number of nitrogens with one attached hydrogen (secondary N) is 1. The number of nitrogens with zero attached hydrogens (tertiary/aromatic N) is 1. The third kappa shape index (κ3) is 2.52. The number of hydrogen-bond donors (Lipinski definition) is 1. The van der Waals surface area contributed by atoms with E-state index < -0.39 is 9.84 Å². The topological polar surface area (TPSA) is 49.4 Å².